The lowest BCUT2D eigenvalue weighted by atomic mass is 10.0. The van der Waals surface area contributed by atoms with Crippen LogP contribution in [-0.2, 0) is 13.6 Å². The Morgan fingerprint density at radius 3 is 2.59 bits per heavy atom. The first-order valence-electron chi connectivity index (χ1n) is 8.21. The lowest BCUT2D eigenvalue weighted by Crippen LogP contribution is -2.42. The third-order valence-electron chi connectivity index (χ3n) is 4.55. The zero-order valence-corrected chi connectivity index (χ0v) is 13.6. The first-order valence-corrected chi connectivity index (χ1v) is 8.21. The third-order valence-corrected chi connectivity index (χ3v) is 4.55. The second-order valence-corrected chi connectivity index (χ2v) is 6.37. The van der Waals surface area contributed by atoms with Crippen molar-refractivity contribution in [3.05, 3.63) is 53.9 Å². The largest absolute Gasteiger partial charge is 0.307 e. The van der Waals surface area contributed by atoms with Crippen LogP contribution in [0.25, 0.3) is 0 Å². The standard InChI is InChI=1S/C18H26N4/c1-15(17-12-19-21(2)14-17)20-18-8-10-22(11-9-18)13-16-6-4-3-5-7-16/h3-7,12,14-15,18,20H,8-11,13H2,1-2H3. The number of hydrogen-bond donors (Lipinski definition) is 1. The van der Waals surface area contributed by atoms with Gasteiger partial charge in [-0.1, -0.05) is 30.3 Å². The van der Waals surface area contributed by atoms with Gasteiger partial charge in [0.2, 0.25) is 0 Å². The minimum Gasteiger partial charge on any atom is -0.307 e. The topological polar surface area (TPSA) is 33.1 Å². The van der Waals surface area contributed by atoms with E-state index in [4.69, 9.17) is 0 Å². The Morgan fingerprint density at radius 2 is 1.95 bits per heavy atom. The van der Waals surface area contributed by atoms with Gasteiger partial charge in [0.15, 0.2) is 0 Å². The molecule has 1 N–H and O–H groups in total. The van der Waals surface area contributed by atoms with Crippen LogP contribution in [0, 0.1) is 0 Å². The van der Waals surface area contributed by atoms with E-state index in [1.54, 1.807) is 0 Å². The highest BCUT2D eigenvalue weighted by molar-refractivity contribution is 5.14. The predicted molar refractivity (Wildman–Crippen MR) is 89.5 cm³/mol. The van der Waals surface area contributed by atoms with Gasteiger partial charge >= 0.3 is 0 Å². The molecule has 4 nitrogen and oxygen atoms in total. The number of nitrogens with one attached hydrogen (secondary N) is 1. The van der Waals surface area contributed by atoms with Crippen molar-refractivity contribution in [1.82, 2.24) is 20.0 Å². The summed E-state index contributed by atoms with van der Waals surface area (Å²) in [6, 6.07) is 11.8. The van der Waals surface area contributed by atoms with Crippen molar-refractivity contribution in [1.29, 1.82) is 0 Å². The van der Waals surface area contributed by atoms with Gasteiger partial charge in [-0.05, 0) is 38.4 Å². The van der Waals surface area contributed by atoms with E-state index in [0.717, 1.165) is 6.54 Å². The molecule has 0 aliphatic carbocycles. The Morgan fingerprint density at radius 1 is 1.23 bits per heavy atom. The molecule has 1 saturated heterocycles. The summed E-state index contributed by atoms with van der Waals surface area (Å²) in [5.41, 5.74) is 2.69. The highest BCUT2D eigenvalue weighted by Crippen LogP contribution is 2.18. The molecule has 1 atom stereocenters. The molecule has 0 spiro atoms. The molecule has 0 radical (unpaired) electrons. The molecule has 1 aliphatic heterocycles. The highest BCUT2D eigenvalue weighted by atomic mass is 15.2. The molecular weight excluding hydrogens is 272 g/mol. The number of nitrogens with zero attached hydrogens (tertiary/aromatic N) is 3. The van der Waals surface area contributed by atoms with E-state index in [-0.39, 0.29) is 0 Å². The summed E-state index contributed by atoms with van der Waals surface area (Å²) < 4.78 is 1.87. The van der Waals surface area contributed by atoms with Gasteiger partial charge in [0.1, 0.15) is 0 Å². The second kappa shape index (κ2) is 7.07. The van der Waals surface area contributed by atoms with E-state index in [0.29, 0.717) is 12.1 Å². The molecule has 4 heteroatoms. The SMILES string of the molecule is CC(NC1CCN(Cc2ccccc2)CC1)c1cnn(C)c1. The van der Waals surface area contributed by atoms with Gasteiger partial charge in [-0.3, -0.25) is 9.58 Å². The maximum absolute atomic E-state index is 4.26. The molecule has 1 aromatic heterocycles. The van der Waals surface area contributed by atoms with Gasteiger partial charge < -0.3 is 5.32 Å². The molecule has 2 heterocycles. The fourth-order valence-electron chi connectivity index (χ4n) is 3.21. The van der Waals surface area contributed by atoms with E-state index in [1.807, 2.05) is 17.9 Å². The smallest absolute Gasteiger partial charge is 0.0537 e. The van der Waals surface area contributed by atoms with E-state index in [9.17, 15) is 0 Å². The number of hydrogen-bond acceptors (Lipinski definition) is 3. The average molecular weight is 298 g/mol. The molecule has 3 rings (SSSR count). The van der Waals surface area contributed by atoms with Crippen LogP contribution >= 0.6 is 0 Å². The van der Waals surface area contributed by atoms with Gasteiger partial charge in [-0.15, -0.1) is 0 Å². The van der Waals surface area contributed by atoms with Gasteiger partial charge in [0.05, 0.1) is 6.20 Å². The monoisotopic (exact) mass is 298 g/mol. The molecule has 1 aliphatic rings. The zero-order valence-electron chi connectivity index (χ0n) is 13.6. The Bertz CT molecular complexity index is 570. The van der Waals surface area contributed by atoms with Crippen molar-refractivity contribution < 1.29 is 0 Å². The summed E-state index contributed by atoms with van der Waals surface area (Å²) in [5.74, 6) is 0. The summed E-state index contributed by atoms with van der Waals surface area (Å²) >= 11 is 0. The lowest BCUT2D eigenvalue weighted by molar-refractivity contribution is 0.185. The Hall–Kier alpha value is -1.65. The molecular formula is C18H26N4. The van der Waals surface area contributed by atoms with Gasteiger partial charge in [-0.25, -0.2) is 0 Å². The van der Waals surface area contributed by atoms with Crippen LogP contribution in [0.4, 0.5) is 0 Å². The molecule has 22 heavy (non-hydrogen) atoms. The Kier molecular flexibility index (Phi) is 4.90. The van der Waals surface area contributed by atoms with Crippen molar-refractivity contribution in [2.24, 2.45) is 7.05 Å². The van der Waals surface area contributed by atoms with Crippen molar-refractivity contribution in [2.45, 2.75) is 38.4 Å². The van der Waals surface area contributed by atoms with Crippen molar-refractivity contribution in [3.63, 3.8) is 0 Å². The maximum atomic E-state index is 4.26. The molecule has 1 fully saturated rings. The zero-order chi connectivity index (χ0) is 15.4. The van der Waals surface area contributed by atoms with E-state index in [1.165, 1.54) is 37.1 Å². The Balaban J connectivity index is 1.45. The molecule has 1 aromatic carbocycles. The summed E-state index contributed by atoms with van der Waals surface area (Å²) in [7, 11) is 1.97. The first kappa shape index (κ1) is 15.3. The van der Waals surface area contributed by atoms with Crippen molar-refractivity contribution in [3.8, 4) is 0 Å². The molecule has 118 valence electrons. The fourth-order valence-corrected chi connectivity index (χ4v) is 3.21. The number of rotatable bonds is 5. The number of likely N-dealkylation sites (tertiary alicyclic amines) is 1. The van der Waals surface area contributed by atoms with Crippen LogP contribution in [0.5, 0.6) is 0 Å². The lowest BCUT2D eigenvalue weighted by Gasteiger charge is -2.33. The van der Waals surface area contributed by atoms with Crippen molar-refractivity contribution >= 4 is 0 Å². The fraction of sp³-hybridized carbons (Fsp3) is 0.500. The maximum Gasteiger partial charge on any atom is 0.0537 e. The van der Waals surface area contributed by atoms with Crippen LogP contribution < -0.4 is 5.32 Å². The molecule has 0 amide bonds. The predicted octanol–water partition coefficient (Wildman–Crippen LogP) is 2.74. The van der Waals surface area contributed by atoms with Crippen LogP contribution in [0.3, 0.4) is 0 Å². The quantitative estimate of drug-likeness (QED) is 0.921. The van der Waals surface area contributed by atoms with Gasteiger partial charge in [-0.2, -0.15) is 5.10 Å². The van der Waals surface area contributed by atoms with Crippen LogP contribution in [0.2, 0.25) is 0 Å². The minimum atomic E-state index is 0.374. The third kappa shape index (κ3) is 3.96. The molecule has 1 unspecified atom stereocenters. The normalized spacial score (nSPS) is 18.5. The minimum absolute atomic E-state index is 0.374. The van der Waals surface area contributed by atoms with Crippen molar-refractivity contribution in [2.75, 3.05) is 13.1 Å². The van der Waals surface area contributed by atoms with Crippen LogP contribution in [0.15, 0.2) is 42.7 Å². The number of piperidine rings is 1. The van der Waals surface area contributed by atoms with E-state index >= 15 is 0 Å². The van der Waals surface area contributed by atoms with Gasteiger partial charge in [0.25, 0.3) is 0 Å². The van der Waals surface area contributed by atoms with E-state index in [2.05, 4.69) is 58.8 Å². The number of aromatic nitrogens is 2. The Labute approximate surface area is 133 Å². The molecule has 0 bridgehead atoms. The highest BCUT2D eigenvalue weighted by Gasteiger charge is 2.21. The molecule has 2 aromatic rings. The second-order valence-electron chi connectivity index (χ2n) is 6.37. The average Bonchev–Trinajstić information content (AvgIpc) is 2.97. The van der Waals surface area contributed by atoms with Gasteiger partial charge in [0, 0.05) is 37.4 Å². The summed E-state index contributed by atoms with van der Waals surface area (Å²) in [6.45, 7) is 5.65. The van der Waals surface area contributed by atoms with Crippen LogP contribution in [0.1, 0.15) is 36.9 Å². The first-order chi connectivity index (χ1) is 10.7. The number of aryl methyl sites for hydroxylation is 1. The summed E-state index contributed by atoms with van der Waals surface area (Å²) in [5, 5.41) is 8.01. The van der Waals surface area contributed by atoms with Crippen LogP contribution in [-0.4, -0.2) is 33.8 Å². The summed E-state index contributed by atoms with van der Waals surface area (Å²) in [4.78, 5) is 2.56. The van der Waals surface area contributed by atoms with E-state index < -0.39 is 0 Å². The molecule has 0 saturated carbocycles. The number of benzene rings is 1. The summed E-state index contributed by atoms with van der Waals surface area (Å²) in [6.07, 6.45) is 6.50.